The molecule has 4 nitrogen and oxygen atoms in total. The van der Waals surface area contributed by atoms with Gasteiger partial charge in [-0.3, -0.25) is 4.79 Å². The Morgan fingerprint density at radius 1 is 1.08 bits per heavy atom. The van der Waals surface area contributed by atoms with Crippen LogP contribution in [0.1, 0.15) is 38.3 Å². The zero-order valence-electron chi connectivity index (χ0n) is 15.1. The molecule has 0 heterocycles. The lowest BCUT2D eigenvalue weighted by atomic mass is 10.1. The summed E-state index contributed by atoms with van der Waals surface area (Å²) in [6, 6.07) is 7.94. The molecular formula is C20H22ClFO4. The summed E-state index contributed by atoms with van der Waals surface area (Å²) >= 11 is 6.14. The van der Waals surface area contributed by atoms with Crippen LogP contribution < -0.4 is 14.2 Å². The van der Waals surface area contributed by atoms with E-state index < -0.39 is 5.82 Å². The fourth-order valence-electron chi connectivity index (χ4n) is 2.37. The minimum Gasteiger partial charge on any atom is -0.493 e. The van der Waals surface area contributed by atoms with Gasteiger partial charge < -0.3 is 14.2 Å². The molecule has 0 saturated heterocycles. The number of benzene rings is 2. The maximum absolute atomic E-state index is 14.2. The van der Waals surface area contributed by atoms with Gasteiger partial charge in [-0.05, 0) is 37.1 Å². The first-order valence-electron chi connectivity index (χ1n) is 8.56. The average Bonchev–Trinajstić information content (AvgIpc) is 2.63. The summed E-state index contributed by atoms with van der Waals surface area (Å²) in [4.78, 5) is 11.7. The van der Waals surface area contributed by atoms with Crippen molar-refractivity contribution in [3.05, 3.63) is 52.3 Å². The van der Waals surface area contributed by atoms with Crippen molar-refractivity contribution in [2.75, 3.05) is 6.61 Å². The van der Waals surface area contributed by atoms with Crippen LogP contribution in [0.2, 0.25) is 5.02 Å². The third kappa shape index (κ3) is 4.88. The largest absolute Gasteiger partial charge is 0.493 e. The van der Waals surface area contributed by atoms with Gasteiger partial charge >= 0.3 is 5.97 Å². The van der Waals surface area contributed by atoms with Crippen LogP contribution in [0.15, 0.2) is 30.3 Å². The van der Waals surface area contributed by atoms with Gasteiger partial charge in [0.05, 0.1) is 12.2 Å². The van der Waals surface area contributed by atoms with E-state index in [0.29, 0.717) is 40.7 Å². The number of hydrogen-bond acceptors (Lipinski definition) is 4. The topological polar surface area (TPSA) is 44.8 Å². The molecule has 0 radical (unpaired) electrons. The number of esters is 1. The van der Waals surface area contributed by atoms with Gasteiger partial charge in [-0.25, -0.2) is 4.39 Å². The molecule has 0 amide bonds. The Kier molecular flexibility index (Phi) is 7.27. The van der Waals surface area contributed by atoms with Gasteiger partial charge in [0.1, 0.15) is 18.1 Å². The van der Waals surface area contributed by atoms with E-state index in [4.69, 9.17) is 25.8 Å². The lowest BCUT2D eigenvalue weighted by Crippen LogP contribution is -2.10. The Hall–Kier alpha value is -2.27. The first kappa shape index (κ1) is 20.0. The maximum Gasteiger partial charge on any atom is 0.310 e. The van der Waals surface area contributed by atoms with E-state index in [1.165, 1.54) is 12.1 Å². The Morgan fingerprint density at radius 2 is 1.81 bits per heavy atom. The molecule has 0 atom stereocenters. The monoisotopic (exact) mass is 380 g/mol. The van der Waals surface area contributed by atoms with E-state index >= 15 is 0 Å². The molecule has 0 aliphatic carbocycles. The van der Waals surface area contributed by atoms with Crippen LogP contribution in [0.3, 0.4) is 0 Å². The smallest absolute Gasteiger partial charge is 0.310 e. The minimum absolute atomic E-state index is 0.0266. The second-order valence-electron chi connectivity index (χ2n) is 5.51. The SMILES string of the molecule is CCOc1cccc(OC(=O)CC)c1COc1cc(Cl)c(CC)cc1F. The molecule has 0 N–H and O–H groups in total. The highest BCUT2D eigenvalue weighted by atomic mass is 35.5. The first-order chi connectivity index (χ1) is 12.5. The summed E-state index contributed by atoms with van der Waals surface area (Å²) in [6.07, 6.45) is 0.863. The Labute approximate surface area is 157 Å². The minimum atomic E-state index is -0.493. The van der Waals surface area contributed by atoms with Crippen LogP contribution >= 0.6 is 11.6 Å². The van der Waals surface area contributed by atoms with E-state index in [2.05, 4.69) is 0 Å². The van der Waals surface area contributed by atoms with Crippen molar-refractivity contribution >= 4 is 17.6 Å². The third-order valence-electron chi connectivity index (χ3n) is 3.76. The predicted molar refractivity (Wildman–Crippen MR) is 98.7 cm³/mol. The highest BCUT2D eigenvalue weighted by Gasteiger charge is 2.16. The van der Waals surface area contributed by atoms with E-state index in [1.807, 2.05) is 13.8 Å². The van der Waals surface area contributed by atoms with E-state index in [1.54, 1.807) is 25.1 Å². The summed E-state index contributed by atoms with van der Waals surface area (Å²) < 4.78 is 30.8. The van der Waals surface area contributed by atoms with Crippen molar-refractivity contribution in [3.8, 4) is 17.2 Å². The molecule has 0 aliphatic rings. The normalized spacial score (nSPS) is 10.5. The van der Waals surface area contributed by atoms with Gasteiger partial charge in [0.15, 0.2) is 11.6 Å². The highest BCUT2D eigenvalue weighted by molar-refractivity contribution is 6.31. The van der Waals surface area contributed by atoms with Crippen molar-refractivity contribution in [3.63, 3.8) is 0 Å². The molecule has 0 aliphatic heterocycles. The predicted octanol–water partition coefficient (Wildman–Crippen LogP) is 5.33. The number of carbonyl (C=O) groups is 1. The number of halogens is 2. The third-order valence-corrected chi connectivity index (χ3v) is 4.11. The van der Waals surface area contributed by atoms with Gasteiger partial charge in [-0.2, -0.15) is 0 Å². The van der Waals surface area contributed by atoms with Gasteiger partial charge in [0, 0.05) is 17.5 Å². The number of aryl methyl sites for hydroxylation is 1. The van der Waals surface area contributed by atoms with E-state index in [-0.39, 0.29) is 24.7 Å². The first-order valence-corrected chi connectivity index (χ1v) is 8.93. The van der Waals surface area contributed by atoms with Crippen molar-refractivity contribution in [2.45, 2.75) is 40.2 Å². The molecule has 0 saturated carbocycles. The standard InChI is InChI=1S/C20H22ClFO4/c1-4-13-10-16(22)19(11-15(13)21)25-12-14-17(24-6-3)8-7-9-18(14)26-20(23)5-2/h7-11H,4-6,12H2,1-3H3. The van der Waals surface area contributed by atoms with E-state index in [0.717, 1.165) is 0 Å². The van der Waals surface area contributed by atoms with E-state index in [9.17, 15) is 9.18 Å². The van der Waals surface area contributed by atoms with Gasteiger partial charge in [0.25, 0.3) is 0 Å². The zero-order chi connectivity index (χ0) is 19.1. The molecule has 2 rings (SSSR count). The molecule has 6 heteroatoms. The molecule has 0 spiro atoms. The lowest BCUT2D eigenvalue weighted by molar-refractivity contribution is -0.134. The molecule has 0 fully saturated rings. The zero-order valence-corrected chi connectivity index (χ0v) is 15.9. The second-order valence-corrected chi connectivity index (χ2v) is 5.92. The van der Waals surface area contributed by atoms with Crippen LogP contribution in [0, 0.1) is 5.82 Å². The van der Waals surface area contributed by atoms with Crippen LogP contribution in [0.25, 0.3) is 0 Å². The number of ether oxygens (including phenoxy) is 3. The maximum atomic E-state index is 14.2. The number of hydrogen-bond donors (Lipinski definition) is 0. The van der Waals surface area contributed by atoms with Crippen LogP contribution in [0.5, 0.6) is 17.2 Å². The Morgan fingerprint density at radius 3 is 2.46 bits per heavy atom. The summed E-state index contributed by atoms with van der Waals surface area (Å²) in [6.45, 7) is 5.86. The lowest BCUT2D eigenvalue weighted by Gasteiger charge is -2.16. The summed E-state index contributed by atoms with van der Waals surface area (Å²) in [7, 11) is 0. The molecule has 0 bridgehead atoms. The molecule has 2 aromatic carbocycles. The molecule has 0 aromatic heterocycles. The highest BCUT2D eigenvalue weighted by Crippen LogP contribution is 2.32. The quantitative estimate of drug-likeness (QED) is 0.458. The van der Waals surface area contributed by atoms with Crippen molar-refractivity contribution in [1.29, 1.82) is 0 Å². The fourth-order valence-corrected chi connectivity index (χ4v) is 2.66. The second kappa shape index (κ2) is 9.43. The van der Waals surface area contributed by atoms with Crippen LogP contribution in [0.4, 0.5) is 4.39 Å². The van der Waals surface area contributed by atoms with Crippen molar-refractivity contribution in [1.82, 2.24) is 0 Å². The van der Waals surface area contributed by atoms with Crippen molar-refractivity contribution < 1.29 is 23.4 Å². The molecule has 140 valence electrons. The average molecular weight is 381 g/mol. The molecule has 26 heavy (non-hydrogen) atoms. The number of carbonyl (C=O) groups excluding carboxylic acids is 1. The molecule has 0 unspecified atom stereocenters. The van der Waals surface area contributed by atoms with Gasteiger partial charge in [-0.1, -0.05) is 31.5 Å². The van der Waals surface area contributed by atoms with Gasteiger partial charge in [0.2, 0.25) is 0 Å². The van der Waals surface area contributed by atoms with Crippen LogP contribution in [-0.2, 0) is 17.8 Å². The fraction of sp³-hybridized carbons (Fsp3) is 0.350. The summed E-state index contributed by atoms with van der Waals surface area (Å²) in [5.74, 6) is 0.0185. The molecular weight excluding hydrogens is 359 g/mol. The summed E-state index contributed by atoms with van der Waals surface area (Å²) in [5.41, 5.74) is 1.25. The van der Waals surface area contributed by atoms with Crippen molar-refractivity contribution in [2.24, 2.45) is 0 Å². The van der Waals surface area contributed by atoms with Crippen LogP contribution in [-0.4, -0.2) is 12.6 Å². The molecule has 2 aromatic rings. The summed E-state index contributed by atoms with van der Waals surface area (Å²) in [5, 5.41) is 0.444. The number of rotatable bonds is 8. The Balaban J connectivity index is 2.30. The van der Waals surface area contributed by atoms with Gasteiger partial charge in [-0.15, -0.1) is 0 Å². The Bertz CT molecular complexity index is 777.